The summed E-state index contributed by atoms with van der Waals surface area (Å²) in [5.74, 6) is 9.18. The summed E-state index contributed by atoms with van der Waals surface area (Å²) < 4.78 is 0. The van der Waals surface area contributed by atoms with Gasteiger partial charge in [-0.2, -0.15) is 0 Å². The highest BCUT2D eigenvalue weighted by molar-refractivity contribution is 5.97. The summed E-state index contributed by atoms with van der Waals surface area (Å²) >= 11 is 0. The molecule has 3 aromatic rings. The Hall–Kier alpha value is -3.22. The summed E-state index contributed by atoms with van der Waals surface area (Å²) in [5.41, 5.74) is 12.8. The van der Waals surface area contributed by atoms with Crippen LogP contribution in [0.25, 0.3) is 22.3 Å². The Morgan fingerprint density at radius 1 is 0.760 bits per heavy atom. The number of benzene rings is 3. The minimum absolute atomic E-state index is 0.893. The fraction of sp³-hybridized carbons (Fsp3) is 0.120. The van der Waals surface area contributed by atoms with Crippen molar-refractivity contribution in [3.05, 3.63) is 81.9 Å². The summed E-state index contributed by atoms with van der Waals surface area (Å²) in [5, 5.41) is 0. The van der Waals surface area contributed by atoms with E-state index in [2.05, 4.69) is 60.2 Å². The molecule has 0 saturated heterocycles. The van der Waals surface area contributed by atoms with E-state index in [0.29, 0.717) is 0 Å². The molecule has 0 spiro atoms. The van der Waals surface area contributed by atoms with Crippen LogP contribution in [-0.4, -0.2) is 0 Å². The van der Waals surface area contributed by atoms with Crippen LogP contribution in [0.2, 0.25) is 0 Å². The summed E-state index contributed by atoms with van der Waals surface area (Å²) in [7, 11) is 0. The Bertz CT molecular complexity index is 1160. The van der Waals surface area contributed by atoms with Gasteiger partial charge in [0.1, 0.15) is 0 Å². The molecule has 0 N–H and O–H groups in total. The van der Waals surface area contributed by atoms with Crippen LogP contribution in [0.3, 0.4) is 0 Å². The molecule has 116 valence electrons. The van der Waals surface area contributed by atoms with Crippen molar-refractivity contribution < 1.29 is 0 Å². The van der Waals surface area contributed by atoms with E-state index in [4.69, 9.17) is 6.42 Å². The standard InChI is InChI=1S/C25H16/c1-3-7-21-16(4-2)10-11-19-15-20-13-12-18-14-17-8-5-6-9-22(17)24(18)25(20)23(19)21/h2,5-6,8-13H,14-15H2,1H3. The molecule has 2 aliphatic carbocycles. The average Bonchev–Trinajstić information content (AvgIpc) is 3.19. The van der Waals surface area contributed by atoms with E-state index < -0.39 is 0 Å². The first-order chi connectivity index (χ1) is 12.3. The molecular weight excluding hydrogens is 300 g/mol. The zero-order valence-corrected chi connectivity index (χ0v) is 14.1. The predicted molar refractivity (Wildman–Crippen MR) is 103 cm³/mol. The van der Waals surface area contributed by atoms with Gasteiger partial charge in [0.15, 0.2) is 0 Å². The summed E-state index contributed by atoms with van der Waals surface area (Å²) in [6.07, 6.45) is 7.74. The molecule has 0 aliphatic heterocycles. The van der Waals surface area contributed by atoms with Crippen molar-refractivity contribution >= 4 is 0 Å². The van der Waals surface area contributed by atoms with Crippen LogP contribution in [0, 0.1) is 24.2 Å². The molecule has 0 fully saturated rings. The van der Waals surface area contributed by atoms with Crippen LogP contribution in [0.15, 0.2) is 48.5 Å². The highest BCUT2D eigenvalue weighted by Gasteiger charge is 2.30. The first-order valence-electron chi connectivity index (χ1n) is 8.60. The molecule has 3 aromatic carbocycles. The van der Waals surface area contributed by atoms with Crippen molar-refractivity contribution in [2.45, 2.75) is 19.8 Å². The third-order valence-electron chi connectivity index (χ3n) is 5.37. The minimum Gasteiger partial charge on any atom is -0.115 e. The van der Waals surface area contributed by atoms with Crippen molar-refractivity contribution in [3.63, 3.8) is 0 Å². The molecule has 0 atom stereocenters. The van der Waals surface area contributed by atoms with Gasteiger partial charge < -0.3 is 0 Å². The molecule has 0 aromatic heterocycles. The fourth-order valence-electron chi connectivity index (χ4n) is 4.36. The van der Waals surface area contributed by atoms with E-state index in [1.165, 1.54) is 44.5 Å². The SMILES string of the molecule is C#Cc1ccc2c(c1C#CC)-c1c(ccc3c1-c1ccccc1C3)C2. The lowest BCUT2D eigenvalue weighted by molar-refractivity contribution is 1.23. The third kappa shape index (κ3) is 1.86. The van der Waals surface area contributed by atoms with Crippen LogP contribution in [0.1, 0.15) is 40.3 Å². The molecule has 0 heterocycles. The van der Waals surface area contributed by atoms with Crippen molar-refractivity contribution in [3.8, 4) is 46.4 Å². The maximum Gasteiger partial charge on any atom is 0.0483 e. The average molecular weight is 316 g/mol. The molecular formula is C25H16. The largest absolute Gasteiger partial charge is 0.115 e. The van der Waals surface area contributed by atoms with E-state index in [1.807, 2.05) is 13.0 Å². The summed E-state index contributed by atoms with van der Waals surface area (Å²) in [4.78, 5) is 0. The van der Waals surface area contributed by atoms with Crippen molar-refractivity contribution in [2.24, 2.45) is 0 Å². The van der Waals surface area contributed by atoms with E-state index in [-0.39, 0.29) is 0 Å². The monoisotopic (exact) mass is 316 g/mol. The maximum atomic E-state index is 5.77. The molecule has 2 aliphatic rings. The lowest BCUT2D eigenvalue weighted by Crippen LogP contribution is -1.93. The molecule has 0 unspecified atom stereocenters. The van der Waals surface area contributed by atoms with Crippen LogP contribution in [0.4, 0.5) is 0 Å². The van der Waals surface area contributed by atoms with Gasteiger partial charge in [-0.25, -0.2) is 0 Å². The van der Waals surface area contributed by atoms with E-state index in [0.717, 1.165) is 24.0 Å². The van der Waals surface area contributed by atoms with Crippen LogP contribution < -0.4 is 0 Å². The first-order valence-corrected chi connectivity index (χ1v) is 8.60. The molecule has 0 bridgehead atoms. The van der Waals surface area contributed by atoms with Gasteiger partial charge in [0.25, 0.3) is 0 Å². The maximum absolute atomic E-state index is 5.77. The quantitative estimate of drug-likeness (QED) is 0.345. The predicted octanol–water partition coefficient (Wildman–Crippen LogP) is 5.18. The number of terminal acetylenes is 1. The fourth-order valence-corrected chi connectivity index (χ4v) is 4.36. The number of fused-ring (bicyclic) bond motifs is 7. The Balaban J connectivity index is 1.90. The minimum atomic E-state index is 0.893. The Morgan fingerprint density at radius 2 is 1.44 bits per heavy atom. The number of hydrogen-bond acceptors (Lipinski definition) is 0. The second kappa shape index (κ2) is 5.14. The van der Waals surface area contributed by atoms with Gasteiger partial charge in [0.05, 0.1) is 0 Å². The van der Waals surface area contributed by atoms with E-state index in [9.17, 15) is 0 Å². The highest BCUT2D eigenvalue weighted by Crippen LogP contribution is 2.50. The zero-order chi connectivity index (χ0) is 17.0. The van der Waals surface area contributed by atoms with Gasteiger partial charge in [-0.05, 0) is 64.8 Å². The second-order valence-corrected chi connectivity index (χ2v) is 6.69. The Labute approximate surface area is 148 Å². The Morgan fingerprint density at radius 3 is 2.24 bits per heavy atom. The van der Waals surface area contributed by atoms with Crippen molar-refractivity contribution in [1.29, 1.82) is 0 Å². The molecule has 0 radical (unpaired) electrons. The number of hydrogen-bond donors (Lipinski definition) is 0. The van der Waals surface area contributed by atoms with Gasteiger partial charge in [-0.15, -0.1) is 12.3 Å². The molecule has 0 amide bonds. The first kappa shape index (κ1) is 14.2. The molecule has 25 heavy (non-hydrogen) atoms. The van der Waals surface area contributed by atoms with Crippen LogP contribution in [-0.2, 0) is 12.8 Å². The smallest absolute Gasteiger partial charge is 0.0483 e. The highest BCUT2D eigenvalue weighted by atomic mass is 14.3. The number of rotatable bonds is 0. The van der Waals surface area contributed by atoms with Gasteiger partial charge >= 0.3 is 0 Å². The van der Waals surface area contributed by atoms with Crippen molar-refractivity contribution in [1.82, 2.24) is 0 Å². The molecule has 5 rings (SSSR count). The van der Waals surface area contributed by atoms with Gasteiger partial charge in [-0.3, -0.25) is 0 Å². The molecule has 0 saturated carbocycles. The zero-order valence-electron chi connectivity index (χ0n) is 14.1. The van der Waals surface area contributed by atoms with Crippen LogP contribution in [0.5, 0.6) is 0 Å². The topological polar surface area (TPSA) is 0 Å². The lowest BCUT2D eigenvalue weighted by Gasteiger charge is -2.13. The summed E-state index contributed by atoms with van der Waals surface area (Å²) in [6, 6.07) is 17.6. The normalized spacial score (nSPS) is 12.3. The van der Waals surface area contributed by atoms with E-state index in [1.54, 1.807) is 0 Å². The third-order valence-corrected chi connectivity index (χ3v) is 5.37. The van der Waals surface area contributed by atoms with Gasteiger partial charge in [-0.1, -0.05) is 54.3 Å². The Kier molecular flexibility index (Phi) is 2.91. The van der Waals surface area contributed by atoms with Gasteiger partial charge in [0, 0.05) is 16.7 Å². The summed E-state index contributed by atoms with van der Waals surface area (Å²) in [6.45, 7) is 1.88. The molecule has 0 nitrogen and oxygen atoms in total. The lowest BCUT2D eigenvalue weighted by atomic mass is 9.90. The second-order valence-electron chi connectivity index (χ2n) is 6.69. The van der Waals surface area contributed by atoms with E-state index >= 15 is 0 Å². The molecule has 0 heteroatoms. The van der Waals surface area contributed by atoms with Crippen molar-refractivity contribution in [2.75, 3.05) is 0 Å². The van der Waals surface area contributed by atoms with Gasteiger partial charge in [0.2, 0.25) is 0 Å². The van der Waals surface area contributed by atoms with Crippen LogP contribution >= 0.6 is 0 Å².